The Bertz CT molecular complexity index is 639. The minimum absolute atomic E-state index is 0.0242. The second-order valence-electron chi connectivity index (χ2n) is 5.67. The number of amides is 1. The van der Waals surface area contributed by atoms with Gasteiger partial charge in [0, 0.05) is 50.4 Å². The van der Waals surface area contributed by atoms with Gasteiger partial charge in [0.15, 0.2) is 5.82 Å². The van der Waals surface area contributed by atoms with Gasteiger partial charge in [0.05, 0.1) is 6.61 Å². The molecular formula is C16H22N6O2. The van der Waals surface area contributed by atoms with Gasteiger partial charge in [-0.3, -0.25) is 19.7 Å². The van der Waals surface area contributed by atoms with Crippen molar-refractivity contribution in [2.24, 2.45) is 0 Å². The standard InChI is InChI=1S/C16H22N6O2/c23-15(6-10-22-9-1-2-11-24-22)18-8-5-14-19-16(21-20-14)13-4-3-7-17-12-13/h3-4,7,12H,1-2,5-6,8-11H2,(H,18,23)(H,19,20,21). The van der Waals surface area contributed by atoms with Crippen LogP contribution in [-0.4, -0.2) is 57.4 Å². The molecule has 3 heterocycles. The molecule has 0 radical (unpaired) electrons. The minimum Gasteiger partial charge on any atom is -0.356 e. The summed E-state index contributed by atoms with van der Waals surface area (Å²) in [6, 6.07) is 3.75. The molecule has 0 unspecified atom stereocenters. The van der Waals surface area contributed by atoms with Crippen LogP contribution in [0, 0.1) is 0 Å². The molecule has 1 aliphatic heterocycles. The molecule has 0 saturated carbocycles. The van der Waals surface area contributed by atoms with E-state index in [1.807, 2.05) is 17.2 Å². The SMILES string of the molecule is O=C(CCN1CCCCO1)NCCc1nc(-c2cccnc2)n[nH]1. The van der Waals surface area contributed by atoms with Gasteiger partial charge in [-0.15, -0.1) is 0 Å². The summed E-state index contributed by atoms with van der Waals surface area (Å²) in [5, 5.41) is 11.8. The zero-order valence-electron chi connectivity index (χ0n) is 13.6. The van der Waals surface area contributed by atoms with Gasteiger partial charge in [-0.2, -0.15) is 10.2 Å². The van der Waals surface area contributed by atoms with Gasteiger partial charge in [-0.25, -0.2) is 4.98 Å². The van der Waals surface area contributed by atoms with Crippen molar-refractivity contribution < 1.29 is 9.63 Å². The molecule has 2 aromatic heterocycles. The van der Waals surface area contributed by atoms with E-state index in [-0.39, 0.29) is 5.91 Å². The fourth-order valence-electron chi connectivity index (χ4n) is 2.49. The molecule has 0 bridgehead atoms. The summed E-state index contributed by atoms with van der Waals surface area (Å²) in [5.74, 6) is 1.39. The number of rotatable bonds is 7. The highest BCUT2D eigenvalue weighted by atomic mass is 16.7. The number of carbonyl (C=O) groups is 1. The van der Waals surface area contributed by atoms with Crippen molar-refractivity contribution in [3.05, 3.63) is 30.4 Å². The van der Waals surface area contributed by atoms with Gasteiger partial charge in [0.25, 0.3) is 0 Å². The average molecular weight is 330 g/mol. The van der Waals surface area contributed by atoms with E-state index in [4.69, 9.17) is 4.84 Å². The smallest absolute Gasteiger partial charge is 0.221 e. The van der Waals surface area contributed by atoms with E-state index in [1.54, 1.807) is 12.4 Å². The van der Waals surface area contributed by atoms with E-state index < -0.39 is 0 Å². The molecule has 8 heteroatoms. The Morgan fingerprint density at radius 3 is 3.17 bits per heavy atom. The first-order valence-corrected chi connectivity index (χ1v) is 8.27. The summed E-state index contributed by atoms with van der Waals surface area (Å²) in [4.78, 5) is 25.8. The van der Waals surface area contributed by atoms with E-state index in [1.165, 1.54) is 0 Å². The zero-order valence-corrected chi connectivity index (χ0v) is 13.6. The molecule has 1 amide bonds. The summed E-state index contributed by atoms with van der Waals surface area (Å²) < 4.78 is 0. The van der Waals surface area contributed by atoms with Crippen molar-refractivity contribution in [3.8, 4) is 11.4 Å². The summed E-state index contributed by atoms with van der Waals surface area (Å²) in [5.41, 5.74) is 0.866. The molecule has 3 rings (SSSR count). The maximum absolute atomic E-state index is 11.9. The number of hydrogen-bond acceptors (Lipinski definition) is 6. The maximum Gasteiger partial charge on any atom is 0.221 e. The predicted molar refractivity (Wildman–Crippen MR) is 87.7 cm³/mol. The first kappa shape index (κ1) is 16.5. The fraction of sp³-hybridized carbons (Fsp3) is 0.500. The first-order valence-electron chi connectivity index (χ1n) is 8.27. The number of hydroxylamine groups is 2. The Labute approximate surface area is 140 Å². The minimum atomic E-state index is 0.0242. The van der Waals surface area contributed by atoms with E-state index in [9.17, 15) is 4.79 Å². The van der Waals surface area contributed by atoms with Gasteiger partial charge >= 0.3 is 0 Å². The molecule has 2 N–H and O–H groups in total. The Hall–Kier alpha value is -2.32. The third-order valence-corrected chi connectivity index (χ3v) is 3.80. The quantitative estimate of drug-likeness (QED) is 0.784. The van der Waals surface area contributed by atoms with Crippen LogP contribution >= 0.6 is 0 Å². The number of H-pyrrole nitrogens is 1. The van der Waals surface area contributed by atoms with Crippen LogP contribution in [0.2, 0.25) is 0 Å². The van der Waals surface area contributed by atoms with Crippen molar-refractivity contribution >= 4 is 5.91 Å². The molecule has 128 valence electrons. The largest absolute Gasteiger partial charge is 0.356 e. The molecule has 0 aromatic carbocycles. The Balaban J connectivity index is 1.37. The summed E-state index contributed by atoms with van der Waals surface area (Å²) >= 11 is 0. The number of carbonyl (C=O) groups excluding carboxylic acids is 1. The summed E-state index contributed by atoms with van der Waals surface area (Å²) in [7, 11) is 0. The molecule has 1 aliphatic rings. The molecule has 8 nitrogen and oxygen atoms in total. The second-order valence-corrected chi connectivity index (χ2v) is 5.67. The van der Waals surface area contributed by atoms with Gasteiger partial charge in [-0.05, 0) is 25.0 Å². The number of aromatic amines is 1. The van der Waals surface area contributed by atoms with Gasteiger partial charge in [-0.1, -0.05) is 0 Å². The number of nitrogens with one attached hydrogen (secondary N) is 2. The van der Waals surface area contributed by atoms with Crippen LogP contribution in [0.15, 0.2) is 24.5 Å². The predicted octanol–water partition coefficient (Wildman–Crippen LogP) is 0.943. The molecule has 1 fully saturated rings. The zero-order chi connectivity index (χ0) is 16.6. The second kappa shape index (κ2) is 8.51. The van der Waals surface area contributed by atoms with E-state index in [0.717, 1.165) is 37.4 Å². The third-order valence-electron chi connectivity index (χ3n) is 3.80. The van der Waals surface area contributed by atoms with Crippen LogP contribution in [0.1, 0.15) is 25.1 Å². The maximum atomic E-state index is 11.9. The van der Waals surface area contributed by atoms with Gasteiger partial charge in [0.2, 0.25) is 5.91 Å². The Kier molecular flexibility index (Phi) is 5.86. The number of pyridine rings is 1. The number of nitrogens with zero attached hydrogens (tertiary/aromatic N) is 4. The van der Waals surface area contributed by atoms with E-state index in [0.29, 0.717) is 31.8 Å². The van der Waals surface area contributed by atoms with Gasteiger partial charge < -0.3 is 5.32 Å². The highest BCUT2D eigenvalue weighted by molar-refractivity contribution is 5.76. The number of hydrogen-bond donors (Lipinski definition) is 2. The van der Waals surface area contributed by atoms with Crippen LogP contribution in [0.3, 0.4) is 0 Å². The van der Waals surface area contributed by atoms with Crippen LogP contribution in [0.25, 0.3) is 11.4 Å². The summed E-state index contributed by atoms with van der Waals surface area (Å²) in [6.45, 7) is 2.83. The molecule has 0 aliphatic carbocycles. The average Bonchev–Trinajstić information content (AvgIpc) is 3.11. The highest BCUT2D eigenvalue weighted by Crippen LogP contribution is 2.12. The van der Waals surface area contributed by atoms with Crippen LogP contribution in [-0.2, 0) is 16.1 Å². The molecule has 0 spiro atoms. The van der Waals surface area contributed by atoms with Crippen LogP contribution in [0.5, 0.6) is 0 Å². The van der Waals surface area contributed by atoms with Crippen LogP contribution < -0.4 is 5.32 Å². The number of aromatic nitrogens is 4. The van der Waals surface area contributed by atoms with Gasteiger partial charge in [0.1, 0.15) is 5.82 Å². The molecular weight excluding hydrogens is 308 g/mol. The van der Waals surface area contributed by atoms with Crippen molar-refractivity contribution in [1.29, 1.82) is 0 Å². The molecule has 2 aromatic rings. The lowest BCUT2D eigenvalue weighted by Crippen LogP contribution is -2.34. The van der Waals surface area contributed by atoms with Crippen molar-refractivity contribution in [2.75, 3.05) is 26.2 Å². The molecule has 0 atom stereocenters. The monoisotopic (exact) mass is 330 g/mol. The topological polar surface area (TPSA) is 96.0 Å². The lowest BCUT2D eigenvalue weighted by atomic mass is 10.3. The highest BCUT2D eigenvalue weighted by Gasteiger charge is 2.12. The van der Waals surface area contributed by atoms with Crippen molar-refractivity contribution in [1.82, 2.24) is 30.5 Å². The Morgan fingerprint density at radius 1 is 1.42 bits per heavy atom. The van der Waals surface area contributed by atoms with Crippen LogP contribution in [0.4, 0.5) is 0 Å². The summed E-state index contributed by atoms with van der Waals surface area (Å²) in [6.07, 6.45) is 6.71. The normalized spacial score (nSPS) is 15.3. The third kappa shape index (κ3) is 4.84. The molecule has 24 heavy (non-hydrogen) atoms. The van der Waals surface area contributed by atoms with Crippen molar-refractivity contribution in [2.45, 2.75) is 25.7 Å². The lowest BCUT2D eigenvalue weighted by Gasteiger charge is -2.25. The first-order chi connectivity index (χ1) is 11.8. The van der Waals surface area contributed by atoms with E-state index in [2.05, 4.69) is 25.5 Å². The fourth-order valence-corrected chi connectivity index (χ4v) is 2.49. The lowest BCUT2D eigenvalue weighted by molar-refractivity contribution is -0.181. The molecule has 1 saturated heterocycles. The van der Waals surface area contributed by atoms with Crippen molar-refractivity contribution in [3.63, 3.8) is 0 Å². The Morgan fingerprint density at radius 2 is 2.38 bits per heavy atom. The van der Waals surface area contributed by atoms with E-state index >= 15 is 0 Å².